The Labute approximate surface area is 75.3 Å². The Morgan fingerprint density at radius 3 is 2.33 bits per heavy atom. The summed E-state index contributed by atoms with van der Waals surface area (Å²) < 4.78 is 0. The van der Waals surface area contributed by atoms with E-state index in [4.69, 9.17) is 5.73 Å². The van der Waals surface area contributed by atoms with Crippen LogP contribution in [0.25, 0.3) is 0 Å². The van der Waals surface area contributed by atoms with Crippen LogP contribution in [0, 0.1) is 17.8 Å². The fourth-order valence-corrected chi connectivity index (χ4v) is 1.50. The van der Waals surface area contributed by atoms with Crippen molar-refractivity contribution in [2.75, 3.05) is 0 Å². The van der Waals surface area contributed by atoms with Crippen molar-refractivity contribution >= 4 is 5.84 Å². The molecular formula is C10H20N2. The monoisotopic (exact) mass is 168 g/mol. The van der Waals surface area contributed by atoms with Crippen molar-refractivity contribution in [1.82, 2.24) is 0 Å². The Balaban J connectivity index is 2.47. The van der Waals surface area contributed by atoms with E-state index in [0.29, 0.717) is 12.0 Å². The predicted molar refractivity (Wildman–Crippen MR) is 53.2 cm³/mol. The second kappa shape index (κ2) is 3.46. The highest BCUT2D eigenvalue weighted by atomic mass is 14.9. The van der Waals surface area contributed by atoms with E-state index in [1.807, 2.05) is 0 Å². The van der Waals surface area contributed by atoms with Crippen LogP contribution in [-0.4, -0.2) is 11.9 Å². The summed E-state index contributed by atoms with van der Waals surface area (Å²) in [6.45, 7) is 8.72. The summed E-state index contributed by atoms with van der Waals surface area (Å²) in [6, 6.07) is 0.502. The minimum atomic E-state index is 0.396. The molecule has 0 aliphatic heterocycles. The molecule has 1 saturated carbocycles. The first-order valence-corrected chi connectivity index (χ1v) is 4.85. The molecule has 0 aromatic heterocycles. The normalized spacial score (nSPS) is 36.8. The van der Waals surface area contributed by atoms with Gasteiger partial charge >= 0.3 is 0 Å². The summed E-state index contributed by atoms with van der Waals surface area (Å²) in [5.74, 6) is 2.77. The zero-order valence-corrected chi connectivity index (χ0v) is 8.54. The molecule has 1 rings (SSSR count). The van der Waals surface area contributed by atoms with E-state index in [1.165, 1.54) is 6.42 Å². The molecule has 1 aliphatic carbocycles. The van der Waals surface area contributed by atoms with Gasteiger partial charge in [0.15, 0.2) is 0 Å². The highest BCUT2D eigenvalue weighted by molar-refractivity contribution is 5.82. The molecule has 1 aliphatic rings. The predicted octanol–water partition coefficient (Wildman–Crippen LogP) is 2.04. The average molecular weight is 168 g/mol. The molecule has 12 heavy (non-hydrogen) atoms. The van der Waals surface area contributed by atoms with E-state index in [0.717, 1.165) is 17.7 Å². The maximum Gasteiger partial charge on any atom is 0.0966 e. The third kappa shape index (κ3) is 1.79. The van der Waals surface area contributed by atoms with Gasteiger partial charge in [-0.15, -0.1) is 0 Å². The lowest BCUT2D eigenvalue weighted by Crippen LogP contribution is -2.38. The van der Waals surface area contributed by atoms with Crippen molar-refractivity contribution in [3.8, 4) is 0 Å². The topological polar surface area (TPSA) is 38.4 Å². The van der Waals surface area contributed by atoms with Crippen molar-refractivity contribution in [2.45, 2.75) is 40.2 Å². The molecule has 1 fully saturated rings. The van der Waals surface area contributed by atoms with Gasteiger partial charge < -0.3 is 5.73 Å². The highest BCUT2D eigenvalue weighted by Crippen LogP contribution is 2.36. The van der Waals surface area contributed by atoms with Gasteiger partial charge in [-0.2, -0.15) is 0 Å². The van der Waals surface area contributed by atoms with E-state index in [1.54, 1.807) is 0 Å². The van der Waals surface area contributed by atoms with Crippen molar-refractivity contribution < 1.29 is 0 Å². The Morgan fingerprint density at radius 1 is 1.42 bits per heavy atom. The maximum absolute atomic E-state index is 5.78. The van der Waals surface area contributed by atoms with Crippen LogP contribution in [0.2, 0.25) is 0 Å². The number of hydrogen-bond donors (Lipinski definition) is 1. The number of nitrogens with two attached hydrogens (primary N) is 1. The Hall–Kier alpha value is -0.530. The molecule has 0 bridgehead atoms. The molecular weight excluding hydrogens is 148 g/mol. The number of nitrogens with zero attached hydrogens (tertiary/aromatic N) is 1. The molecule has 2 nitrogen and oxygen atoms in total. The lowest BCUT2D eigenvalue weighted by atomic mass is 9.72. The molecule has 3 atom stereocenters. The summed E-state index contributed by atoms with van der Waals surface area (Å²) in [4.78, 5) is 4.51. The lowest BCUT2D eigenvalue weighted by molar-refractivity contribution is 0.174. The molecule has 2 heteroatoms. The zero-order valence-electron chi connectivity index (χ0n) is 8.54. The van der Waals surface area contributed by atoms with Gasteiger partial charge in [-0.1, -0.05) is 27.7 Å². The van der Waals surface area contributed by atoms with Crippen molar-refractivity contribution in [1.29, 1.82) is 0 Å². The van der Waals surface area contributed by atoms with E-state index >= 15 is 0 Å². The second-order valence-corrected chi connectivity index (χ2v) is 4.35. The van der Waals surface area contributed by atoms with Crippen molar-refractivity contribution in [3.63, 3.8) is 0 Å². The number of aliphatic imine (C=N–C) groups is 1. The third-order valence-corrected chi connectivity index (χ3v) is 3.02. The fourth-order valence-electron chi connectivity index (χ4n) is 1.50. The molecule has 70 valence electrons. The number of rotatable bonds is 2. The van der Waals surface area contributed by atoms with Crippen LogP contribution in [-0.2, 0) is 0 Å². The summed E-state index contributed by atoms with van der Waals surface area (Å²) in [6.07, 6.45) is 1.22. The van der Waals surface area contributed by atoms with Gasteiger partial charge in [-0.05, 0) is 18.3 Å². The van der Waals surface area contributed by atoms with Crippen LogP contribution in [0.15, 0.2) is 4.99 Å². The molecule has 0 aromatic carbocycles. The smallest absolute Gasteiger partial charge is 0.0966 e. The highest BCUT2D eigenvalue weighted by Gasteiger charge is 2.34. The van der Waals surface area contributed by atoms with Crippen LogP contribution in [0.3, 0.4) is 0 Å². The van der Waals surface area contributed by atoms with Crippen LogP contribution in [0.4, 0.5) is 0 Å². The Kier molecular flexibility index (Phi) is 2.76. The van der Waals surface area contributed by atoms with Crippen LogP contribution in [0.5, 0.6) is 0 Å². The third-order valence-electron chi connectivity index (χ3n) is 3.02. The van der Waals surface area contributed by atoms with Crippen LogP contribution in [0.1, 0.15) is 34.1 Å². The maximum atomic E-state index is 5.78. The second-order valence-electron chi connectivity index (χ2n) is 4.35. The van der Waals surface area contributed by atoms with E-state index < -0.39 is 0 Å². The van der Waals surface area contributed by atoms with Crippen molar-refractivity contribution in [3.05, 3.63) is 0 Å². The molecule has 3 unspecified atom stereocenters. The van der Waals surface area contributed by atoms with Crippen molar-refractivity contribution in [2.24, 2.45) is 28.5 Å². The summed E-state index contributed by atoms with van der Waals surface area (Å²) >= 11 is 0. The van der Waals surface area contributed by atoms with E-state index in [-0.39, 0.29) is 0 Å². The van der Waals surface area contributed by atoms with E-state index in [2.05, 4.69) is 32.7 Å². The van der Waals surface area contributed by atoms with E-state index in [9.17, 15) is 0 Å². The Bertz CT molecular complexity index is 184. The van der Waals surface area contributed by atoms with Gasteiger partial charge in [0.25, 0.3) is 0 Å². The fraction of sp³-hybridized carbons (Fsp3) is 0.900. The SMILES string of the molecule is CC(C)C(N)=NC1CC(C)C1C. The first kappa shape index (κ1) is 9.56. The van der Waals surface area contributed by atoms with Crippen LogP contribution >= 0.6 is 0 Å². The lowest BCUT2D eigenvalue weighted by Gasteiger charge is -2.38. The summed E-state index contributed by atoms with van der Waals surface area (Å²) in [7, 11) is 0. The number of hydrogen-bond acceptors (Lipinski definition) is 1. The molecule has 2 N–H and O–H groups in total. The van der Waals surface area contributed by atoms with Gasteiger partial charge in [0.1, 0.15) is 0 Å². The molecule has 0 heterocycles. The number of amidine groups is 1. The molecule has 0 aromatic rings. The quantitative estimate of drug-likeness (QED) is 0.497. The van der Waals surface area contributed by atoms with Gasteiger partial charge in [0, 0.05) is 5.92 Å². The summed E-state index contributed by atoms with van der Waals surface area (Å²) in [5, 5.41) is 0. The molecule has 0 radical (unpaired) electrons. The van der Waals surface area contributed by atoms with Gasteiger partial charge in [0.2, 0.25) is 0 Å². The van der Waals surface area contributed by atoms with Gasteiger partial charge in [-0.3, -0.25) is 4.99 Å². The Morgan fingerprint density at radius 2 is 2.00 bits per heavy atom. The first-order valence-electron chi connectivity index (χ1n) is 4.85. The minimum Gasteiger partial charge on any atom is -0.387 e. The standard InChI is InChI=1S/C10H20N2/c1-6(2)10(11)12-9-5-7(3)8(9)4/h6-9H,5H2,1-4H3,(H2,11,12). The minimum absolute atomic E-state index is 0.396. The largest absolute Gasteiger partial charge is 0.387 e. The summed E-state index contributed by atoms with van der Waals surface area (Å²) in [5.41, 5.74) is 5.78. The molecule has 0 amide bonds. The van der Waals surface area contributed by atoms with Gasteiger partial charge in [-0.25, -0.2) is 0 Å². The van der Waals surface area contributed by atoms with Crippen LogP contribution < -0.4 is 5.73 Å². The zero-order chi connectivity index (χ0) is 9.30. The average Bonchev–Trinajstić information content (AvgIpc) is 2.03. The van der Waals surface area contributed by atoms with Gasteiger partial charge in [0.05, 0.1) is 11.9 Å². The molecule has 0 saturated heterocycles. The first-order chi connectivity index (χ1) is 5.52. The molecule has 0 spiro atoms.